The number of aryl methyl sites for hydroxylation is 2. The van der Waals surface area contributed by atoms with Gasteiger partial charge in [-0.2, -0.15) is 0 Å². The standard InChI is InChI=1S/C18H20FNO/c1-12-10-14(6-9-17(12)19)20-18-5-3-4-13-11-15(21-2)7-8-16(13)18/h6-11,18,20H,3-5H2,1-2H3. The van der Waals surface area contributed by atoms with Gasteiger partial charge in [0.25, 0.3) is 0 Å². The number of methoxy groups -OCH3 is 1. The van der Waals surface area contributed by atoms with E-state index in [0.717, 1.165) is 30.7 Å². The van der Waals surface area contributed by atoms with Gasteiger partial charge in [-0.05, 0) is 73.2 Å². The maximum absolute atomic E-state index is 13.4. The highest BCUT2D eigenvalue weighted by Crippen LogP contribution is 2.34. The van der Waals surface area contributed by atoms with Crippen molar-refractivity contribution in [3.05, 3.63) is 58.9 Å². The molecule has 0 bridgehead atoms. The van der Waals surface area contributed by atoms with Gasteiger partial charge >= 0.3 is 0 Å². The highest BCUT2D eigenvalue weighted by Gasteiger charge is 2.20. The highest BCUT2D eigenvalue weighted by molar-refractivity contribution is 5.50. The lowest BCUT2D eigenvalue weighted by Crippen LogP contribution is -2.17. The third kappa shape index (κ3) is 2.87. The molecule has 2 aromatic rings. The summed E-state index contributed by atoms with van der Waals surface area (Å²) in [6, 6.07) is 11.8. The maximum atomic E-state index is 13.4. The van der Waals surface area contributed by atoms with Gasteiger partial charge in [0, 0.05) is 5.69 Å². The van der Waals surface area contributed by atoms with Crippen molar-refractivity contribution in [3.63, 3.8) is 0 Å². The Hall–Kier alpha value is -2.03. The van der Waals surface area contributed by atoms with Gasteiger partial charge in [0.05, 0.1) is 13.2 Å². The van der Waals surface area contributed by atoms with Crippen molar-refractivity contribution in [2.24, 2.45) is 0 Å². The fourth-order valence-corrected chi connectivity index (χ4v) is 3.00. The first-order valence-electron chi connectivity index (χ1n) is 7.37. The molecular formula is C18H20FNO. The topological polar surface area (TPSA) is 21.3 Å². The minimum atomic E-state index is -0.158. The van der Waals surface area contributed by atoms with Crippen LogP contribution in [0.5, 0.6) is 5.75 Å². The quantitative estimate of drug-likeness (QED) is 0.887. The molecule has 0 amide bonds. The van der Waals surface area contributed by atoms with Gasteiger partial charge in [-0.25, -0.2) is 4.39 Å². The van der Waals surface area contributed by atoms with Crippen LogP contribution in [0.4, 0.5) is 10.1 Å². The zero-order valence-corrected chi connectivity index (χ0v) is 12.4. The fraction of sp³-hybridized carbons (Fsp3) is 0.333. The predicted octanol–water partition coefficient (Wildman–Crippen LogP) is 4.63. The van der Waals surface area contributed by atoms with Crippen molar-refractivity contribution in [2.45, 2.75) is 32.2 Å². The number of ether oxygens (including phenoxy) is 1. The minimum Gasteiger partial charge on any atom is -0.497 e. The van der Waals surface area contributed by atoms with Crippen LogP contribution in [-0.4, -0.2) is 7.11 Å². The molecule has 1 aliphatic carbocycles. The maximum Gasteiger partial charge on any atom is 0.126 e. The summed E-state index contributed by atoms with van der Waals surface area (Å²) in [5.74, 6) is 0.751. The van der Waals surface area contributed by atoms with Crippen LogP contribution in [0.15, 0.2) is 36.4 Å². The second-order valence-electron chi connectivity index (χ2n) is 5.62. The largest absolute Gasteiger partial charge is 0.497 e. The molecule has 0 heterocycles. The van der Waals surface area contributed by atoms with E-state index in [1.54, 1.807) is 20.1 Å². The number of fused-ring (bicyclic) bond motifs is 1. The average molecular weight is 285 g/mol. The van der Waals surface area contributed by atoms with E-state index in [0.29, 0.717) is 5.56 Å². The first-order chi connectivity index (χ1) is 10.2. The summed E-state index contributed by atoms with van der Waals surface area (Å²) < 4.78 is 18.7. The summed E-state index contributed by atoms with van der Waals surface area (Å²) in [5, 5.41) is 3.54. The average Bonchev–Trinajstić information content (AvgIpc) is 2.50. The van der Waals surface area contributed by atoms with Crippen LogP contribution in [0.25, 0.3) is 0 Å². The van der Waals surface area contributed by atoms with Crippen LogP contribution < -0.4 is 10.1 Å². The third-order valence-electron chi connectivity index (χ3n) is 4.16. The molecule has 21 heavy (non-hydrogen) atoms. The monoisotopic (exact) mass is 285 g/mol. The van der Waals surface area contributed by atoms with Gasteiger partial charge in [0.2, 0.25) is 0 Å². The van der Waals surface area contributed by atoms with E-state index in [1.165, 1.54) is 17.2 Å². The summed E-state index contributed by atoms with van der Waals surface area (Å²) >= 11 is 0. The number of hydrogen-bond donors (Lipinski definition) is 1. The van der Waals surface area contributed by atoms with Gasteiger partial charge in [-0.15, -0.1) is 0 Å². The van der Waals surface area contributed by atoms with E-state index in [2.05, 4.69) is 17.4 Å². The molecule has 110 valence electrons. The molecular weight excluding hydrogens is 265 g/mol. The Kier molecular flexibility index (Phi) is 3.82. The number of rotatable bonds is 3. The Morgan fingerprint density at radius 1 is 1.19 bits per heavy atom. The molecule has 1 N–H and O–H groups in total. The molecule has 0 aliphatic heterocycles. The summed E-state index contributed by atoms with van der Waals surface area (Å²) in [7, 11) is 1.70. The molecule has 1 unspecified atom stereocenters. The molecule has 0 radical (unpaired) electrons. The molecule has 0 fully saturated rings. The molecule has 3 heteroatoms. The number of anilines is 1. The van der Waals surface area contributed by atoms with Crippen LogP contribution in [0.1, 0.15) is 35.6 Å². The zero-order chi connectivity index (χ0) is 14.8. The second-order valence-corrected chi connectivity index (χ2v) is 5.62. The van der Waals surface area contributed by atoms with Crippen molar-refractivity contribution in [1.29, 1.82) is 0 Å². The molecule has 2 aromatic carbocycles. The lowest BCUT2D eigenvalue weighted by Gasteiger charge is -2.27. The van der Waals surface area contributed by atoms with Crippen molar-refractivity contribution >= 4 is 5.69 Å². The molecule has 1 atom stereocenters. The Labute approximate surface area is 125 Å². The van der Waals surface area contributed by atoms with Gasteiger partial charge in [0.15, 0.2) is 0 Å². The van der Waals surface area contributed by atoms with E-state index in [1.807, 2.05) is 12.1 Å². The van der Waals surface area contributed by atoms with Crippen LogP contribution >= 0.6 is 0 Å². The summed E-state index contributed by atoms with van der Waals surface area (Å²) in [5.41, 5.74) is 4.31. The summed E-state index contributed by atoms with van der Waals surface area (Å²) in [4.78, 5) is 0. The lowest BCUT2D eigenvalue weighted by molar-refractivity contribution is 0.413. The normalized spacial score (nSPS) is 17.2. The third-order valence-corrected chi connectivity index (χ3v) is 4.16. The highest BCUT2D eigenvalue weighted by atomic mass is 19.1. The fourth-order valence-electron chi connectivity index (χ4n) is 3.00. The first kappa shape index (κ1) is 13.9. The lowest BCUT2D eigenvalue weighted by atomic mass is 9.87. The number of hydrogen-bond acceptors (Lipinski definition) is 2. The van der Waals surface area contributed by atoms with Crippen LogP contribution in [-0.2, 0) is 6.42 Å². The SMILES string of the molecule is COc1ccc2c(c1)CCCC2Nc1ccc(F)c(C)c1. The van der Waals surface area contributed by atoms with E-state index in [-0.39, 0.29) is 11.9 Å². The van der Waals surface area contributed by atoms with Crippen LogP contribution in [0, 0.1) is 12.7 Å². The first-order valence-corrected chi connectivity index (χ1v) is 7.37. The minimum absolute atomic E-state index is 0.158. The molecule has 0 aromatic heterocycles. The van der Waals surface area contributed by atoms with Gasteiger partial charge < -0.3 is 10.1 Å². The smallest absolute Gasteiger partial charge is 0.126 e. The van der Waals surface area contributed by atoms with E-state index >= 15 is 0 Å². The van der Waals surface area contributed by atoms with E-state index in [9.17, 15) is 4.39 Å². The van der Waals surface area contributed by atoms with Gasteiger partial charge in [-0.1, -0.05) is 6.07 Å². The van der Waals surface area contributed by atoms with Crippen LogP contribution in [0.3, 0.4) is 0 Å². The molecule has 0 saturated heterocycles. The predicted molar refractivity (Wildman–Crippen MR) is 83.4 cm³/mol. The number of nitrogens with one attached hydrogen (secondary N) is 1. The second kappa shape index (κ2) is 5.76. The number of halogens is 1. The molecule has 0 spiro atoms. The molecule has 0 saturated carbocycles. The summed E-state index contributed by atoms with van der Waals surface area (Å²) in [6.07, 6.45) is 3.33. The molecule has 1 aliphatic rings. The zero-order valence-electron chi connectivity index (χ0n) is 12.4. The van der Waals surface area contributed by atoms with E-state index < -0.39 is 0 Å². The van der Waals surface area contributed by atoms with Crippen molar-refractivity contribution < 1.29 is 9.13 Å². The van der Waals surface area contributed by atoms with Crippen molar-refractivity contribution in [2.75, 3.05) is 12.4 Å². The Balaban J connectivity index is 1.86. The molecule has 2 nitrogen and oxygen atoms in total. The molecule has 3 rings (SSSR count). The Morgan fingerprint density at radius 3 is 2.81 bits per heavy atom. The van der Waals surface area contributed by atoms with Crippen molar-refractivity contribution in [1.82, 2.24) is 0 Å². The van der Waals surface area contributed by atoms with Crippen molar-refractivity contribution in [3.8, 4) is 5.75 Å². The Morgan fingerprint density at radius 2 is 2.05 bits per heavy atom. The Bertz CT molecular complexity index is 654. The van der Waals surface area contributed by atoms with Crippen LogP contribution in [0.2, 0.25) is 0 Å². The van der Waals surface area contributed by atoms with E-state index in [4.69, 9.17) is 4.74 Å². The summed E-state index contributed by atoms with van der Waals surface area (Å²) in [6.45, 7) is 1.79. The number of benzene rings is 2. The van der Waals surface area contributed by atoms with Gasteiger partial charge in [-0.3, -0.25) is 0 Å². The van der Waals surface area contributed by atoms with Gasteiger partial charge in [0.1, 0.15) is 11.6 Å².